The summed E-state index contributed by atoms with van der Waals surface area (Å²) in [6.45, 7) is 5.40. The van der Waals surface area contributed by atoms with Crippen molar-refractivity contribution in [3.63, 3.8) is 0 Å². The average Bonchev–Trinajstić information content (AvgIpc) is 3.53. The highest BCUT2D eigenvalue weighted by molar-refractivity contribution is 5.92. The van der Waals surface area contributed by atoms with E-state index in [1.165, 1.54) is 5.56 Å². The van der Waals surface area contributed by atoms with E-state index in [0.717, 1.165) is 39.1 Å². The molecule has 1 aromatic rings. The number of benzene rings is 1. The third-order valence-corrected chi connectivity index (χ3v) is 5.43. The molecule has 2 atom stereocenters. The molecule has 0 aromatic heterocycles. The molecule has 1 saturated heterocycles. The molecule has 1 aliphatic heterocycles. The Hall–Kier alpha value is -2.18. The van der Waals surface area contributed by atoms with E-state index in [4.69, 9.17) is 4.74 Å². The van der Waals surface area contributed by atoms with Crippen LogP contribution in [0.15, 0.2) is 36.4 Å². The highest BCUT2D eigenvalue weighted by Gasteiger charge is 2.49. The number of amides is 2. The monoisotopic (exact) mass is 385 g/mol. The van der Waals surface area contributed by atoms with Crippen LogP contribution in [0.1, 0.15) is 18.4 Å². The lowest BCUT2D eigenvalue weighted by Crippen LogP contribution is -2.49. The topological polar surface area (TPSA) is 61.9 Å². The Bertz CT molecular complexity index is 669. The first-order chi connectivity index (χ1) is 13.7. The number of methoxy groups -OCH3 is 1. The molecule has 1 N–H and O–H groups in total. The smallest absolute Gasteiger partial charge is 0.226 e. The molecular weight excluding hydrogens is 354 g/mol. The zero-order valence-electron chi connectivity index (χ0n) is 16.7. The fraction of sp³-hybridized carbons (Fsp3) is 0.545. The first-order valence-corrected chi connectivity index (χ1v) is 10.2. The summed E-state index contributed by atoms with van der Waals surface area (Å²) in [5.41, 5.74) is 1.21. The van der Waals surface area contributed by atoms with Crippen molar-refractivity contribution >= 4 is 17.9 Å². The maximum atomic E-state index is 12.7. The second-order valence-electron chi connectivity index (χ2n) is 7.53. The van der Waals surface area contributed by atoms with E-state index in [9.17, 15) is 9.59 Å². The molecule has 2 aliphatic rings. The van der Waals surface area contributed by atoms with Crippen LogP contribution < -0.4 is 5.32 Å². The molecule has 2 unspecified atom stereocenters. The van der Waals surface area contributed by atoms with Gasteiger partial charge in [-0.2, -0.15) is 0 Å². The fourth-order valence-corrected chi connectivity index (χ4v) is 3.60. The minimum atomic E-state index is -0.137. The van der Waals surface area contributed by atoms with Crippen molar-refractivity contribution in [3.05, 3.63) is 42.0 Å². The summed E-state index contributed by atoms with van der Waals surface area (Å²) < 4.78 is 4.97. The Kier molecular flexibility index (Phi) is 7.62. The molecule has 1 saturated carbocycles. The maximum Gasteiger partial charge on any atom is 0.226 e. The van der Waals surface area contributed by atoms with Crippen molar-refractivity contribution < 1.29 is 14.3 Å². The summed E-state index contributed by atoms with van der Waals surface area (Å²) in [7, 11) is 1.65. The predicted octanol–water partition coefficient (Wildman–Crippen LogP) is 1.63. The third-order valence-electron chi connectivity index (χ3n) is 5.43. The van der Waals surface area contributed by atoms with Gasteiger partial charge in [0, 0.05) is 53.0 Å². The van der Waals surface area contributed by atoms with Gasteiger partial charge in [0.2, 0.25) is 11.8 Å². The third kappa shape index (κ3) is 5.91. The number of ether oxygens (including phenoxy) is 1. The van der Waals surface area contributed by atoms with Crippen molar-refractivity contribution in [2.24, 2.45) is 11.8 Å². The number of carbonyl (C=O) groups excluding carboxylic acids is 2. The summed E-state index contributed by atoms with van der Waals surface area (Å²) in [6.07, 6.45) is 5.80. The molecule has 28 heavy (non-hydrogen) atoms. The molecule has 6 heteroatoms. The second kappa shape index (κ2) is 10.4. The van der Waals surface area contributed by atoms with E-state index in [-0.39, 0.29) is 23.7 Å². The highest BCUT2D eigenvalue weighted by atomic mass is 16.5. The van der Waals surface area contributed by atoms with Crippen LogP contribution in [-0.4, -0.2) is 74.6 Å². The van der Waals surface area contributed by atoms with Crippen LogP contribution in [0.2, 0.25) is 0 Å². The Morgan fingerprint density at radius 3 is 2.61 bits per heavy atom. The number of carbonyl (C=O) groups is 2. The van der Waals surface area contributed by atoms with Crippen molar-refractivity contribution in [1.29, 1.82) is 0 Å². The van der Waals surface area contributed by atoms with Gasteiger partial charge in [-0.05, 0) is 18.4 Å². The van der Waals surface area contributed by atoms with Crippen molar-refractivity contribution in [2.75, 3.05) is 53.0 Å². The summed E-state index contributed by atoms with van der Waals surface area (Å²) in [5.74, 6) is -0.0931. The van der Waals surface area contributed by atoms with Gasteiger partial charge in [0.15, 0.2) is 0 Å². The first kappa shape index (κ1) is 20.6. The van der Waals surface area contributed by atoms with Crippen molar-refractivity contribution in [3.8, 4) is 0 Å². The predicted molar refractivity (Wildman–Crippen MR) is 110 cm³/mol. The van der Waals surface area contributed by atoms with Gasteiger partial charge in [-0.15, -0.1) is 0 Å². The van der Waals surface area contributed by atoms with Gasteiger partial charge in [0.05, 0.1) is 11.8 Å². The van der Waals surface area contributed by atoms with Crippen LogP contribution in [0, 0.1) is 11.8 Å². The van der Waals surface area contributed by atoms with E-state index in [1.807, 2.05) is 23.1 Å². The number of rotatable bonds is 9. The van der Waals surface area contributed by atoms with Crippen molar-refractivity contribution in [2.45, 2.75) is 12.8 Å². The minimum absolute atomic E-state index is 0.0131. The number of hydrogen-bond donors (Lipinski definition) is 1. The SMILES string of the molecule is COCCCNC(=O)C1CC1C(=O)N1CCN(C/C=C/c2ccccc2)CC1. The summed E-state index contributed by atoms with van der Waals surface area (Å²) in [4.78, 5) is 29.1. The molecule has 0 spiro atoms. The van der Waals surface area contributed by atoms with Crippen LogP contribution in [0.5, 0.6) is 0 Å². The van der Waals surface area contributed by atoms with E-state index >= 15 is 0 Å². The Labute approximate surface area is 167 Å². The summed E-state index contributed by atoms with van der Waals surface area (Å²) in [5, 5.41) is 2.91. The van der Waals surface area contributed by atoms with Crippen molar-refractivity contribution in [1.82, 2.24) is 15.1 Å². The van der Waals surface area contributed by atoms with Crippen LogP contribution in [0.25, 0.3) is 6.08 Å². The van der Waals surface area contributed by atoms with Crippen LogP contribution in [-0.2, 0) is 14.3 Å². The number of hydrogen-bond acceptors (Lipinski definition) is 4. The molecule has 152 valence electrons. The molecule has 2 amide bonds. The molecule has 2 fully saturated rings. The van der Waals surface area contributed by atoms with Gasteiger partial charge in [0.1, 0.15) is 0 Å². The van der Waals surface area contributed by atoms with Crippen LogP contribution in [0.3, 0.4) is 0 Å². The maximum absolute atomic E-state index is 12.7. The summed E-state index contributed by atoms with van der Waals surface area (Å²) >= 11 is 0. The lowest BCUT2D eigenvalue weighted by Gasteiger charge is -2.34. The van der Waals surface area contributed by atoms with Gasteiger partial charge < -0.3 is 15.0 Å². The normalized spacial score (nSPS) is 22.4. The van der Waals surface area contributed by atoms with E-state index in [0.29, 0.717) is 19.6 Å². The number of nitrogens with zero attached hydrogens (tertiary/aromatic N) is 2. The average molecular weight is 386 g/mol. The van der Waals surface area contributed by atoms with Gasteiger partial charge in [0.25, 0.3) is 0 Å². The zero-order valence-corrected chi connectivity index (χ0v) is 16.7. The lowest BCUT2D eigenvalue weighted by molar-refractivity contribution is -0.136. The highest BCUT2D eigenvalue weighted by Crippen LogP contribution is 2.40. The largest absolute Gasteiger partial charge is 0.385 e. The van der Waals surface area contributed by atoms with Crippen LogP contribution in [0.4, 0.5) is 0 Å². The molecule has 1 aromatic carbocycles. The number of nitrogens with one attached hydrogen (secondary N) is 1. The first-order valence-electron chi connectivity index (χ1n) is 10.2. The van der Waals surface area contributed by atoms with E-state index in [1.54, 1.807) is 7.11 Å². The molecule has 1 aliphatic carbocycles. The lowest BCUT2D eigenvalue weighted by atomic mass is 10.2. The Morgan fingerprint density at radius 1 is 1.14 bits per heavy atom. The van der Waals surface area contributed by atoms with Gasteiger partial charge in [-0.1, -0.05) is 42.5 Å². The quantitative estimate of drug-likeness (QED) is 0.657. The van der Waals surface area contributed by atoms with E-state index in [2.05, 4.69) is 34.5 Å². The fourth-order valence-electron chi connectivity index (χ4n) is 3.60. The molecule has 0 radical (unpaired) electrons. The molecular formula is C22H31N3O3. The number of piperazine rings is 1. The van der Waals surface area contributed by atoms with Gasteiger partial charge in [-0.25, -0.2) is 0 Å². The zero-order chi connectivity index (χ0) is 19.8. The van der Waals surface area contributed by atoms with Crippen LogP contribution >= 0.6 is 0 Å². The minimum Gasteiger partial charge on any atom is -0.385 e. The standard InChI is InChI=1S/C22H31N3O3/c1-28-16-6-10-23-21(26)19-17-20(19)22(27)25-14-12-24(13-15-25)11-5-9-18-7-3-2-4-8-18/h2-5,7-9,19-20H,6,10-17H2,1H3,(H,23,26)/b9-5+. The molecule has 3 rings (SSSR count). The molecule has 1 heterocycles. The van der Waals surface area contributed by atoms with Gasteiger partial charge in [-0.3, -0.25) is 14.5 Å². The molecule has 0 bridgehead atoms. The Morgan fingerprint density at radius 2 is 1.89 bits per heavy atom. The molecule has 6 nitrogen and oxygen atoms in total. The summed E-state index contributed by atoms with van der Waals surface area (Å²) in [6, 6.07) is 10.3. The Balaban J connectivity index is 1.34. The van der Waals surface area contributed by atoms with Gasteiger partial charge >= 0.3 is 0 Å². The van der Waals surface area contributed by atoms with E-state index < -0.39 is 0 Å². The second-order valence-corrected chi connectivity index (χ2v) is 7.53.